The number of imide groups is 1. The monoisotopic (exact) mass is 159 g/mol. The molecule has 0 saturated heterocycles. The van der Waals surface area contributed by atoms with Crippen molar-refractivity contribution in [1.29, 1.82) is 0 Å². The molecule has 2 aliphatic heterocycles. The minimum atomic E-state index is -0.144. The Morgan fingerprint density at radius 2 is 1.83 bits per heavy atom. The Bertz CT molecular complexity index is 415. The van der Waals surface area contributed by atoms with Crippen LogP contribution in [0.4, 0.5) is 0 Å². The summed E-state index contributed by atoms with van der Waals surface area (Å²) >= 11 is 0. The molecule has 0 fully saturated rings. The zero-order chi connectivity index (χ0) is 8.29. The van der Waals surface area contributed by atoms with Crippen molar-refractivity contribution in [1.82, 2.24) is 4.90 Å². The molecular weight excluding hydrogens is 154 g/mol. The lowest BCUT2D eigenvalue weighted by atomic mass is 10.1. The van der Waals surface area contributed by atoms with Gasteiger partial charge in [0.15, 0.2) is 0 Å². The number of carbonyl (C=O) groups is 2. The molecule has 3 rings (SSSR count). The first-order valence-corrected chi connectivity index (χ1v) is 3.76. The van der Waals surface area contributed by atoms with Gasteiger partial charge in [0, 0.05) is 0 Å². The van der Waals surface area contributed by atoms with Gasteiger partial charge in [0.25, 0.3) is 11.8 Å². The molecule has 12 heavy (non-hydrogen) atoms. The van der Waals surface area contributed by atoms with Gasteiger partial charge in [0.1, 0.15) is 0 Å². The minimum absolute atomic E-state index is 0.136. The highest BCUT2D eigenvalue weighted by Crippen LogP contribution is 2.30. The topological polar surface area (TPSA) is 37.4 Å². The van der Waals surface area contributed by atoms with Crippen molar-refractivity contribution in [3.05, 3.63) is 34.9 Å². The average Bonchev–Trinajstić information content (AvgIpc) is 2.29. The van der Waals surface area contributed by atoms with Crippen LogP contribution in [0, 0.1) is 0 Å². The Labute approximate surface area is 68.6 Å². The largest absolute Gasteiger partial charge is 0.270 e. The molecule has 0 N–H and O–H groups in total. The van der Waals surface area contributed by atoms with Gasteiger partial charge in [-0.1, -0.05) is 6.07 Å². The quantitative estimate of drug-likeness (QED) is 0.525. The molecule has 3 heteroatoms. The molecular formula is C9H5NO2. The van der Waals surface area contributed by atoms with E-state index < -0.39 is 0 Å². The molecule has 1 aromatic rings. The van der Waals surface area contributed by atoms with Crippen molar-refractivity contribution in [3.8, 4) is 0 Å². The summed E-state index contributed by atoms with van der Waals surface area (Å²) in [6, 6.07) is 5.43. The third-order valence-electron chi connectivity index (χ3n) is 2.38. The Morgan fingerprint density at radius 3 is 2.67 bits per heavy atom. The fourth-order valence-corrected chi connectivity index (χ4v) is 1.76. The van der Waals surface area contributed by atoms with Crippen molar-refractivity contribution in [2.24, 2.45) is 0 Å². The van der Waals surface area contributed by atoms with Gasteiger partial charge in [-0.15, -0.1) is 0 Å². The minimum Gasteiger partial charge on any atom is -0.270 e. The smallest absolute Gasteiger partial charge is 0.261 e. The van der Waals surface area contributed by atoms with Crippen LogP contribution in [0.25, 0.3) is 0 Å². The second kappa shape index (κ2) is 1.58. The summed E-state index contributed by atoms with van der Waals surface area (Å²) in [5.74, 6) is -0.280. The molecule has 1 aromatic carbocycles. The lowest BCUT2D eigenvalue weighted by molar-refractivity contribution is 0.0638. The number of rotatable bonds is 0. The third kappa shape index (κ3) is 0.460. The molecule has 0 saturated carbocycles. The van der Waals surface area contributed by atoms with Crippen LogP contribution < -0.4 is 0 Å². The summed E-state index contributed by atoms with van der Waals surface area (Å²) < 4.78 is 0. The lowest BCUT2D eigenvalue weighted by Crippen LogP contribution is -2.30. The van der Waals surface area contributed by atoms with Crippen LogP contribution in [0.15, 0.2) is 18.2 Å². The van der Waals surface area contributed by atoms with Crippen LogP contribution >= 0.6 is 0 Å². The number of carbonyl (C=O) groups excluding carboxylic acids is 2. The summed E-state index contributed by atoms with van der Waals surface area (Å²) in [6.45, 7) is 0.446. The molecule has 0 radical (unpaired) electrons. The maximum atomic E-state index is 11.4. The van der Waals surface area contributed by atoms with Crippen molar-refractivity contribution in [2.45, 2.75) is 6.54 Å². The number of nitrogens with zero attached hydrogens (tertiary/aromatic N) is 1. The number of hydrogen-bond acceptors (Lipinski definition) is 2. The zero-order valence-electron chi connectivity index (χ0n) is 6.20. The fourth-order valence-electron chi connectivity index (χ4n) is 1.76. The van der Waals surface area contributed by atoms with Gasteiger partial charge in [-0.3, -0.25) is 14.5 Å². The number of fused-ring (bicyclic) bond motifs is 2. The van der Waals surface area contributed by atoms with Crippen molar-refractivity contribution in [3.63, 3.8) is 0 Å². The van der Waals surface area contributed by atoms with Crippen molar-refractivity contribution < 1.29 is 9.59 Å². The molecule has 0 aliphatic carbocycles. The highest BCUT2D eigenvalue weighted by atomic mass is 16.2. The molecule has 0 aromatic heterocycles. The van der Waals surface area contributed by atoms with E-state index in [-0.39, 0.29) is 11.8 Å². The highest BCUT2D eigenvalue weighted by Gasteiger charge is 2.38. The van der Waals surface area contributed by atoms with Gasteiger partial charge >= 0.3 is 0 Å². The lowest BCUT2D eigenvalue weighted by Gasteiger charge is -2.15. The van der Waals surface area contributed by atoms with Crippen LogP contribution in [-0.4, -0.2) is 16.7 Å². The van der Waals surface area contributed by atoms with E-state index in [1.54, 1.807) is 12.1 Å². The number of amides is 2. The molecule has 0 atom stereocenters. The van der Waals surface area contributed by atoms with Crippen LogP contribution in [0.1, 0.15) is 26.3 Å². The summed E-state index contributed by atoms with van der Waals surface area (Å²) in [5.41, 5.74) is 2.17. The summed E-state index contributed by atoms with van der Waals surface area (Å²) in [5, 5.41) is 0. The Morgan fingerprint density at radius 1 is 1.08 bits per heavy atom. The zero-order valence-corrected chi connectivity index (χ0v) is 6.20. The summed E-state index contributed by atoms with van der Waals surface area (Å²) in [6.07, 6.45) is 0. The van der Waals surface area contributed by atoms with Crippen LogP contribution in [0.5, 0.6) is 0 Å². The van der Waals surface area contributed by atoms with Crippen molar-refractivity contribution >= 4 is 11.8 Å². The van der Waals surface area contributed by atoms with Gasteiger partial charge < -0.3 is 0 Å². The van der Waals surface area contributed by atoms with E-state index in [0.717, 1.165) is 5.56 Å². The van der Waals surface area contributed by atoms with E-state index >= 15 is 0 Å². The van der Waals surface area contributed by atoms with Crippen molar-refractivity contribution in [2.75, 3.05) is 0 Å². The molecule has 0 spiro atoms. The van der Waals surface area contributed by atoms with E-state index in [1.807, 2.05) is 6.07 Å². The van der Waals surface area contributed by atoms with Crippen LogP contribution in [0.2, 0.25) is 0 Å². The second-order valence-electron chi connectivity index (χ2n) is 3.08. The fraction of sp³-hybridized carbons (Fsp3) is 0.111. The number of benzene rings is 1. The maximum Gasteiger partial charge on any atom is 0.261 e. The molecule has 0 unspecified atom stereocenters. The molecule has 2 heterocycles. The Hall–Kier alpha value is -1.64. The predicted molar refractivity (Wildman–Crippen MR) is 40.6 cm³/mol. The molecule has 3 bridgehead atoms. The standard InChI is InChI=1S/C9H5NO2/c11-8-6-2-1-5-3-7(6)9(12)10(8)4-5/h1-3H,4H2. The van der Waals surface area contributed by atoms with E-state index in [4.69, 9.17) is 0 Å². The third-order valence-corrected chi connectivity index (χ3v) is 2.38. The van der Waals surface area contributed by atoms with E-state index in [0.29, 0.717) is 17.7 Å². The van der Waals surface area contributed by atoms with E-state index in [9.17, 15) is 9.59 Å². The summed E-state index contributed by atoms with van der Waals surface area (Å²) in [4.78, 5) is 24.1. The second-order valence-corrected chi connectivity index (χ2v) is 3.08. The van der Waals surface area contributed by atoms with Crippen LogP contribution in [0.3, 0.4) is 0 Å². The van der Waals surface area contributed by atoms with Gasteiger partial charge in [0.2, 0.25) is 0 Å². The molecule has 2 amide bonds. The first kappa shape index (κ1) is 5.94. The van der Waals surface area contributed by atoms with Crippen LogP contribution in [-0.2, 0) is 6.54 Å². The van der Waals surface area contributed by atoms with E-state index in [2.05, 4.69) is 0 Å². The van der Waals surface area contributed by atoms with Gasteiger partial charge in [-0.25, -0.2) is 0 Å². The molecule has 58 valence electrons. The average molecular weight is 159 g/mol. The summed E-state index contributed by atoms with van der Waals surface area (Å²) in [7, 11) is 0. The Kier molecular flexibility index (Phi) is 0.781. The first-order chi connectivity index (χ1) is 5.77. The normalized spacial score (nSPS) is 17.8. The SMILES string of the molecule is O=C1c2ccc3cc2C(=O)N1C3. The Balaban J connectivity index is 2.47. The van der Waals surface area contributed by atoms with Gasteiger partial charge in [-0.2, -0.15) is 0 Å². The van der Waals surface area contributed by atoms with Gasteiger partial charge in [0.05, 0.1) is 17.7 Å². The first-order valence-electron chi connectivity index (χ1n) is 3.76. The van der Waals surface area contributed by atoms with Gasteiger partial charge in [-0.05, 0) is 17.7 Å². The van der Waals surface area contributed by atoms with E-state index in [1.165, 1.54) is 4.90 Å². The molecule has 2 aliphatic rings. The predicted octanol–water partition coefficient (Wildman–Crippen LogP) is 0.796. The number of hydrogen-bond donors (Lipinski definition) is 0. The molecule has 3 nitrogen and oxygen atoms in total. The maximum absolute atomic E-state index is 11.4. The highest BCUT2D eigenvalue weighted by molar-refractivity contribution is 6.22.